The molecule has 0 bridgehead atoms. The Morgan fingerprint density at radius 2 is 1.86 bits per heavy atom. The number of carbonyl (C=O) groups excluding carboxylic acids is 1. The van der Waals surface area contributed by atoms with Gasteiger partial charge in [0.2, 0.25) is 5.91 Å². The molecule has 0 radical (unpaired) electrons. The van der Waals surface area contributed by atoms with E-state index >= 15 is 0 Å². The first kappa shape index (κ1) is 15.3. The van der Waals surface area contributed by atoms with Crippen LogP contribution in [0.1, 0.15) is 18.1 Å². The molecule has 0 aromatic heterocycles. The van der Waals surface area contributed by atoms with Gasteiger partial charge in [0.25, 0.3) is 0 Å². The first-order valence-electron chi connectivity index (χ1n) is 7.12. The third-order valence-corrected chi connectivity index (χ3v) is 3.28. The summed E-state index contributed by atoms with van der Waals surface area (Å²) in [6.45, 7) is 3.02. The van der Waals surface area contributed by atoms with Crippen molar-refractivity contribution in [2.45, 2.75) is 20.0 Å². The minimum Gasteiger partial charge on any atom is -0.352 e. The van der Waals surface area contributed by atoms with E-state index in [0.717, 1.165) is 12.1 Å². The van der Waals surface area contributed by atoms with Crippen LogP contribution in [-0.4, -0.2) is 24.9 Å². The van der Waals surface area contributed by atoms with Crippen LogP contribution < -0.4 is 5.32 Å². The predicted molar refractivity (Wildman–Crippen MR) is 86.8 cm³/mol. The van der Waals surface area contributed by atoms with Crippen molar-refractivity contribution in [3.8, 4) is 11.1 Å². The summed E-state index contributed by atoms with van der Waals surface area (Å²) >= 11 is 0. The molecule has 0 aliphatic heterocycles. The molecule has 0 heterocycles. The lowest BCUT2D eigenvalue weighted by atomic mass is 9.98. The highest BCUT2D eigenvalue weighted by Gasteiger charge is 2.06. The Bertz CT molecular complexity index is 620. The molecule has 21 heavy (non-hydrogen) atoms. The van der Waals surface area contributed by atoms with E-state index in [0.29, 0.717) is 6.54 Å². The summed E-state index contributed by atoms with van der Waals surface area (Å²) in [6.07, 6.45) is 0. The highest BCUT2D eigenvalue weighted by Crippen LogP contribution is 2.25. The van der Waals surface area contributed by atoms with E-state index in [1.807, 2.05) is 12.1 Å². The zero-order valence-corrected chi connectivity index (χ0v) is 12.9. The average molecular weight is 282 g/mol. The third-order valence-electron chi connectivity index (χ3n) is 3.28. The molecule has 0 aliphatic rings. The van der Waals surface area contributed by atoms with Crippen molar-refractivity contribution >= 4 is 5.91 Å². The fourth-order valence-electron chi connectivity index (χ4n) is 2.36. The Balaban J connectivity index is 2.29. The van der Waals surface area contributed by atoms with Crippen molar-refractivity contribution < 1.29 is 4.79 Å². The summed E-state index contributed by atoms with van der Waals surface area (Å²) in [5.41, 5.74) is 4.85. The number of rotatable bonds is 5. The second-order valence-electron chi connectivity index (χ2n) is 5.51. The van der Waals surface area contributed by atoms with Crippen molar-refractivity contribution in [1.82, 2.24) is 10.2 Å². The van der Waals surface area contributed by atoms with Crippen LogP contribution >= 0.6 is 0 Å². The van der Waals surface area contributed by atoms with Crippen LogP contribution in [0.5, 0.6) is 0 Å². The quantitative estimate of drug-likeness (QED) is 0.914. The van der Waals surface area contributed by atoms with E-state index in [1.54, 1.807) is 0 Å². The first-order chi connectivity index (χ1) is 10.1. The molecule has 2 rings (SSSR count). The smallest absolute Gasteiger partial charge is 0.217 e. The zero-order chi connectivity index (χ0) is 15.2. The van der Waals surface area contributed by atoms with Crippen molar-refractivity contribution in [3.05, 3.63) is 59.7 Å². The Kier molecular flexibility index (Phi) is 5.12. The Hall–Kier alpha value is -2.13. The summed E-state index contributed by atoms with van der Waals surface area (Å²) in [6, 6.07) is 16.8. The molecule has 1 amide bonds. The van der Waals surface area contributed by atoms with Gasteiger partial charge in [-0.15, -0.1) is 0 Å². The van der Waals surface area contributed by atoms with Gasteiger partial charge in [-0.2, -0.15) is 0 Å². The number of amides is 1. The average Bonchev–Trinajstić information content (AvgIpc) is 2.45. The van der Waals surface area contributed by atoms with Crippen LogP contribution in [0.2, 0.25) is 0 Å². The van der Waals surface area contributed by atoms with Crippen LogP contribution in [0.3, 0.4) is 0 Å². The normalized spacial score (nSPS) is 10.7. The lowest BCUT2D eigenvalue weighted by Gasteiger charge is -2.15. The summed E-state index contributed by atoms with van der Waals surface area (Å²) in [5, 5.41) is 2.84. The van der Waals surface area contributed by atoms with Gasteiger partial charge in [0.05, 0.1) is 0 Å². The summed E-state index contributed by atoms with van der Waals surface area (Å²) in [7, 11) is 4.15. The van der Waals surface area contributed by atoms with Crippen molar-refractivity contribution in [3.63, 3.8) is 0 Å². The van der Waals surface area contributed by atoms with Gasteiger partial charge in [-0.25, -0.2) is 0 Å². The topological polar surface area (TPSA) is 32.3 Å². The monoisotopic (exact) mass is 282 g/mol. The summed E-state index contributed by atoms with van der Waals surface area (Å²) in [4.78, 5) is 13.2. The lowest BCUT2D eigenvalue weighted by molar-refractivity contribution is -0.119. The van der Waals surface area contributed by atoms with Crippen LogP contribution in [0.4, 0.5) is 0 Å². The summed E-state index contributed by atoms with van der Waals surface area (Å²) in [5.74, 6) is -0.00610. The van der Waals surface area contributed by atoms with Gasteiger partial charge in [-0.3, -0.25) is 4.79 Å². The molecule has 110 valence electrons. The molecule has 3 nitrogen and oxygen atoms in total. The van der Waals surface area contributed by atoms with Gasteiger partial charge in [0.1, 0.15) is 0 Å². The van der Waals surface area contributed by atoms with Crippen LogP contribution in [0.25, 0.3) is 11.1 Å². The number of carbonyl (C=O) groups is 1. The molecular formula is C18H22N2O. The molecule has 0 aliphatic carbocycles. The minimum absolute atomic E-state index is 0.00610. The van der Waals surface area contributed by atoms with Gasteiger partial charge in [-0.05, 0) is 42.4 Å². The third kappa shape index (κ3) is 4.43. The number of hydrogen-bond donors (Lipinski definition) is 1. The maximum atomic E-state index is 11.0. The van der Waals surface area contributed by atoms with Crippen LogP contribution in [-0.2, 0) is 17.9 Å². The van der Waals surface area contributed by atoms with E-state index in [1.165, 1.54) is 23.6 Å². The van der Waals surface area contributed by atoms with Crippen molar-refractivity contribution in [1.29, 1.82) is 0 Å². The number of hydrogen-bond acceptors (Lipinski definition) is 2. The van der Waals surface area contributed by atoms with E-state index in [2.05, 4.69) is 60.7 Å². The second kappa shape index (κ2) is 7.04. The Morgan fingerprint density at radius 1 is 1.10 bits per heavy atom. The van der Waals surface area contributed by atoms with Crippen LogP contribution in [0, 0.1) is 0 Å². The largest absolute Gasteiger partial charge is 0.352 e. The zero-order valence-electron chi connectivity index (χ0n) is 12.9. The molecule has 1 N–H and O–H groups in total. The molecule has 0 fully saturated rings. The predicted octanol–water partition coefficient (Wildman–Crippen LogP) is 3.05. The maximum Gasteiger partial charge on any atom is 0.217 e. The highest BCUT2D eigenvalue weighted by atomic mass is 16.1. The number of nitrogens with one attached hydrogen (secondary N) is 1. The molecule has 0 spiro atoms. The van der Waals surface area contributed by atoms with E-state index in [4.69, 9.17) is 0 Å². The number of benzene rings is 2. The fraction of sp³-hybridized carbons (Fsp3) is 0.278. The number of nitrogens with zero attached hydrogens (tertiary/aromatic N) is 1. The van der Waals surface area contributed by atoms with E-state index < -0.39 is 0 Å². The molecule has 0 atom stereocenters. The Labute approximate surface area is 126 Å². The lowest BCUT2D eigenvalue weighted by Crippen LogP contribution is -2.18. The molecule has 2 aromatic rings. The van der Waals surface area contributed by atoms with Gasteiger partial charge in [0.15, 0.2) is 0 Å². The SMILES string of the molecule is CC(=O)NCc1cccc(-c2ccccc2CN(C)C)c1. The fourth-order valence-corrected chi connectivity index (χ4v) is 2.36. The minimum atomic E-state index is -0.00610. The standard InChI is InChI=1S/C18H22N2O/c1-14(21)19-12-15-7-6-9-16(11-15)18-10-5-4-8-17(18)13-20(2)3/h4-11H,12-13H2,1-3H3,(H,19,21). The van der Waals surface area contributed by atoms with Crippen LogP contribution in [0.15, 0.2) is 48.5 Å². The van der Waals surface area contributed by atoms with E-state index in [-0.39, 0.29) is 5.91 Å². The van der Waals surface area contributed by atoms with Gasteiger partial charge in [0, 0.05) is 20.0 Å². The molecule has 0 saturated heterocycles. The molecular weight excluding hydrogens is 260 g/mol. The van der Waals surface area contributed by atoms with Gasteiger partial charge < -0.3 is 10.2 Å². The van der Waals surface area contributed by atoms with Crippen molar-refractivity contribution in [2.75, 3.05) is 14.1 Å². The molecule has 2 aromatic carbocycles. The van der Waals surface area contributed by atoms with Gasteiger partial charge in [-0.1, -0.05) is 42.5 Å². The highest BCUT2D eigenvalue weighted by molar-refractivity contribution is 5.73. The first-order valence-corrected chi connectivity index (χ1v) is 7.12. The molecule has 3 heteroatoms. The summed E-state index contributed by atoms with van der Waals surface area (Å²) < 4.78 is 0. The molecule has 0 saturated carbocycles. The van der Waals surface area contributed by atoms with Gasteiger partial charge >= 0.3 is 0 Å². The van der Waals surface area contributed by atoms with Crippen molar-refractivity contribution in [2.24, 2.45) is 0 Å². The Morgan fingerprint density at radius 3 is 2.57 bits per heavy atom. The van der Waals surface area contributed by atoms with E-state index in [9.17, 15) is 4.79 Å². The second-order valence-corrected chi connectivity index (χ2v) is 5.51. The molecule has 0 unspecified atom stereocenters. The maximum absolute atomic E-state index is 11.0.